The Bertz CT molecular complexity index is 815. The predicted octanol–water partition coefficient (Wildman–Crippen LogP) is 4.62. The number of aryl methyl sites for hydroxylation is 1. The number of nitrogens with one attached hydrogen (secondary N) is 2. The van der Waals surface area contributed by atoms with Gasteiger partial charge in [0.15, 0.2) is 5.13 Å². The maximum Gasteiger partial charge on any atom is 0.325 e. The number of hydrogen-bond donors (Lipinski definition) is 2. The molecule has 0 spiro atoms. The molecule has 2 heterocycles. The summed E-state index contributed by atoms with van der Waals surface area (Å²) in [6, 6.07) is 6.45. The second-order valence-corrected chi connectivity index (χ2v) is 7.93. The van der Waals surface area contributed by atoms with Crippen LogP contribution in [0.2, 0.25) is 5.02 Å². The Hall–Kier alpha value is -2.12. The fraction of sp³-hybridized carbons (Fsp3) is 0.389. The molecule has 2 aromatic rings. The fourth-order valence-corrected chi connectivity index (χ4v) is 3.95. The van der Waals surface area contributed by atoms with Gasteiger partial charge in [-0.05, 0) is 43.9 Å². The summed E-state index contributed by atoms with van der Waals surface area (Å²) in [6.45, 7) is 5.54. The molecule has 3 amide bonds. The van der Waals surface area contributed by atoms with Crippen molar-refractivity contribution >= 4 is 45.7 Å². The molecule has 0 atom stereocenters. The van der Waals surface area contributed by atoms with E-state index >= 15 is 0 Å². The number of carbonyl (C=O) groups excluding carboxylic acids is 2. The van der Waals surface area contributed by atoms with E-state index in [4.69, 9.17) is 11.6 Å². The molecule has 1 aliphatic heterocycles. The van der Waals surface area contributed by atoms with E-state index in [0.717, 1.165) is 25.9 Å². The van der Waals surface area contributed by atoms with Gasteiger partial charge < -0.3 is 10.2 Å². The van der Waals surface area contributed by atoms with Gasteiger partial charge in [-0.3, -0.25) is 10.1 Å². The molecule has 1 saturated heterocycles. The van der Waals surface area contributed by atoms with Gasteiger partial charge in [0, 0.05) is 23.8 Å². The molecule has 2 N–H and O–H groups in total. The first-order chi connectivity index (χ1) is 12.4. The summed E-state index contributed by atoms with van der Waals surface area (Å²) in [5, 5.41) is 6.31. The summed E-state index contributed by atoms with van der Waals surface area (Å²) in [5.41, 5.74) is 1.22. The zero-order chi connectivity index (χ0) is 18.7. The fourth-order valence-electron chi connectivity index (χ4n) is 2.83. The summed E-state index contributed by atoms with van der Waals surface area (Å²) in [4.78, 5) is 31.6. The number of amides is 3. The highest BCUT2D eigenvalue weighted by molar-refractivity contribution is 7.17. The van der Waals surface area contributed by atoms with Gasteiger partial charge in [0.2, 0.25) is 0 Å². The Labute approximate surface area is 161 Å². The van der Waals surface area contributed by atoms with E-state index in [1.54, 1.807) is 31.2 Å². The van der Waals surface area contributed by atoms with Crippen LogP contribution in [0.4, 0.5) is 15.6 Å². The zero-order valence-corrected chi connectivity index (χ0v) is 16.3. The predicted molar refractivity (Wildman–Crippen MR) is 105 cm³/mol. The molecule has 8 heteroatoms. The molecule has 6 nitrogen and oxygen atoms in total. The molecule has 1 fully saturated rings. The van der Waals surface area contributed by atoms with Crippen molar-refractivity contribution in [2.45, 2.75) is 26.7 Å². The first-order valence-corrected chi connectivity index (χ1v) is 9.72. The second-order valence-electron chi connectivity index (χ2n) is 6.50. The normalized spacial score (nSPS) is 15.0. The van der Waals surface area contributed by atoms with Crippen molar-refractivity contribution in [1.82, 2.24) is 9.88 Å². The highest BCUT2D eigenvalue weighted by Crippen LogP contribution is 2.26. The van der Waals surface area contributed by atoms with E-state index in [9.17, 15) is 9.59 Å². The number of rotatable bonds is 3. The number of likely N-dealkylation sites (tertiary alicyclic amines) is 1. The molecular formula is C18H21ClN4O2S. The lowest BCUT2D eigenvalue weighted by molar-refractivity contribution is 0.0701. The molecular weight excluding hydrogens is 372 g/mol. The highest BCUT2D eigenvalue weighted by atomic mass is 35.5. The molecule has 1 aromatic heterocycles. The summed E-state index contributed by atoms with van der Waals surface area (Å²) in [7, 11) is 0. The number of aromatic nitrogens is 1. The van der Waals surface area contributed by atoms with Gasteiger partial charge in [0.05, 0.1) is 5.69 Å². The monoisotopic (exact) mass is 392 g/mol. The Morgan fingerprint density at radius 2 is 2.00 bits per heavy atom. The summed E-state index contributed by atoms with van der Waals surface area (Å²) < 4.78 is 0. The molecule has 138 valence electrons. The average Bonchev–Trinajstić information content (AvgIpc) is 2.95. The van der Waals surface area contributed by atoms with Crippen molar-refractivity contribution < 1.29 is 9.59 Å². The number of nitrogens with zero attached hydrogens (tertiary/aromatic N) is 2. The molecule has 0 unspecified atom stereocenters. The van der Waals surface area contributed by atoms with Crippen LogP contribution in [0.1, 0.15) is 35.1 Å². The minimum atomic E-state index is -0.424. The minimum absolute atomic E-state index is 0.00445. The molecule has 1 aromatic carbocycles. The molecule has 0 saturated carbocycles. The van der Waals surface area contributed by atoms with Crippen LogP contribution in [0.15, 0.2) is 24.3 Å². The SMILES string of the molecule is Cc1nc(NC(=O)Nc2cccc(Cl)c2)sc1C(=O)N1CCC(C)CC1. The topological polar surface area (TPSA) is 74.3 Å². The largest absolute Gasteiger partial charge is 0.338 e. The molecule has 26 heavy (non-hydrogen) atoms. The zero-order valence-electron chi connectivity index (χ0n) is 14.7. The first-order valence-electron chi connectivity index (χ1n) is 8.52. The van der Waals surface area contributed by atoms with Gasteiger partial charge >= 0.3 is 6.03 Å². The number of hydrogen-bond acceptors (Lipinski definition) is 4. The summed E-state index contributed by atoms with van der Waals surface area (Å²) in [6.07, 6.45) is 2.05. The second kappa shape index (κ2) is 8.05. The maximum atomic E-state index is 12.7. The van der Waals surface area contributed by atoms with E-state index in [0.29, 0.717) is 32.3 Å². The number of piperidine rings is 1. The third kappa shape index (κ3) is 4.53. The lowest BCUT2D eigenvalue weighted by atomic mass is 9.99. The van der Waals surface area contributed by atoms with Crippen LogP contribution < -0.4 is 10.6 Å². The third-order valence-electron chi connectivity index (χ3n) is 4.36. The van der Waals surface area contributed by atoms with Crippen molar-refractivity contribution in [3.8, 4) is 0 Å². The van der Waals surface area contributed by atoms with Crippen LogP contribution in [-0.4, -0.2) is 34.9 Å². The van der Waals surface area contributed by atoms with Crippen LogP contribution in [0.5, 0.6) is 0 Å². The smallest absolute Gasteiger partial charge is 0.325 e. The molecule has 0 radical (unpaired) electrons. The van der Waals surface area contributed by atoms with Crippen molar-refractivity contribution in [3.63, 3.8) is 0 Å². The van der Waals surface area contributed by atoms with Crippen molar-refractivity contribution in [1.29, 1.82) is 0 Å². The highest BCUT2D eigenvalue weighted by Gasteiger charge is 2.25. The van der Waals surface area contributed by atoms with Gasteiger partial charge in [0.25, 0.3) is 5.91 Å². The lowest BCUT2D eigenvalue weighted by Gasteiger charge is -2.29. The van der Waals surface area contributed by atoms with Gasteiger partial charge in [-0.25, -0.2) is 9.78 Å². The lowest BCUT2D eigenvalue weighted by Crippen LogP contribution is -2.37. The van der Waals surface area contributed by atoms with Crippen LogP contribution in [0.25, 0.3) is 0 Å². The maximum absolute atomic E-state index is 12.7. The first kappa shape index (κ1) is 18.7. The molecule has 0 bridgehead atoms. The quantitative estimate of drug-likeness (QED) is 0.800. The Morgan fingerprint density at radius 1 is 1.27 bits per heavy atom. The van der Waals surface area contributed by atoms with E-state index in [-0.39, 0.29) is 5.91 Å². The van der Waals surface area contributed by atoms with Crippen molar-refractivity contribution in [3.05, 3.63) is 39.9 Å². The standard InChI is InChI=1S/C18H21ClN4O2S/c1-11-6-8-23(9-7-11)16(24)15-12(2)20-18(26-15)22-17(25)21-14-5-3-4-13(19)10-14/h3-5,10-11H,6-9H2,1-2H3,(H2,20,21,22,25). The van der Waals surface area contributed by atoms with Crippen LogP contribution >= 0.6 is 22.9 Å². The number of benzene rings is 1. The van der Waals surface area contributed by atoms with Gasteiger partial charge in [-0.1, -0.05) is 35.9 Å². The summed E-state index contributed by atoms with van der Waals surface area (Å²) in [5.74, 6) is 0.657. The Kier molecular flexibility index (Phi) is 5.78. The van der Waals surface area contributed by atoms with Crippen LogP contribution in [0, 0.1) is 12.8 Å². The molecule has 1 aliphatic rings. The van der Waals surface area contributed by atoms with Crippen molar-refractivity contribution in [2.75, 3.05) is 23.7 Å². The molecule has 3 rings (SSSR count). The number of anilines is 2. The number of carbonyl (C=O) groups is 2. The Morgan fingerprint density at radius 3 is 2.69 bits per heavy atom. The van der Waals surface area contributed by atoms with E-state index in [1.165, 1.54) is 11.3 Å². The molecule has 0 aliphatic carbocycles. The van der Waals surface area contributed by atoms with E-state index < -0.39 is 6.03 Å². The minimum Gasteiger partial charge on any atom is -0.338 e. The summed E-state index contributed by atoms with van der Waals surface area (Å²) >= 11 is 7.11. The Balaban J connectivity index is 1.64. The van der Waals surface area contributed by atoms with Crippen molar-refractivity contribution in [2.24, 2.45) is 5.92 Å². The average molecular weight is 393 g/mol. The van der Waals surface area contributed by atoms with E-state index in [1.807, 2.05) is 4.90 Å². The van der Waals surface area contributed by atoms with Gasteiger partial charge in [-0.2, -0.15) is 0 Å². The van der Waals surface area contributed by atoms with Crippen LogP contribution in [0.3, 0.4) is 0 Å². The van der Waals surface area contributed by atoms with Gasteiger partial charge in [-0.15, -0.1) is 0 Å². The van der Waals surface area contributed by atoms with Crippen LogP contribution in [-0.2, 0) is 0 Å². The van der Waals surface area contributed by atoms with Gasteiger partial charge in [0.1, 0.15) is 4.88 Å². The number of urea groups is 1. The van der Waals surface area contributed by atoms with E-state index in [2.05, 4.69) is 22.5 Å². The number of halogens is 1. The third-order valence-corrected chi connectivity index (χ3v) is 5.66. The number of thiazole rings is 1.